The van der Waals surface area contributed by atoms with Gasteiger partial charge in [0.2, 0.25) is 0 Å². The molecular weight excluding hydrogens is 272 g/mol. The number of nitrogens with zero attached hydrogens (tertiary/aromatic N) is 1. The number of rotatable bonds is 8. The topological polar surface area (TPSA) is 65.8 Å². The summed E-state index contributed by atoms with van der Waals surface area (Å²) in [6.07, 6.45) is 0. The minimum atomic E-state index is 0.301. The van der Waals surface area contributed by atoms with Gasteiger partial charge in [0.25, 0.3) is 0 Å². The van der Waals surface area contributed by atoms with Gasteiger partial charge in [0.05, 0.1) is 19.9 Å². The molecule has 6 nitrogen and oxygen atoms in total. The molecule has 0 fully saturated rings. The van der Waals surface area contributed by atoms with E-state index in [9.17, 15) is 0 Å². The summed E-state index contributed by atoms with van der Waals surface area (Å²) in [5, 5.41) is 7.15. The van der Waals surface area contributed by atoms with Crippen molar-refractivity contribution in [2.24, 2.45) is 0 Å². The van der Waals surface area contributed by atoms with Crippen LogP contribution in [0.15, 0.2) is 28.8 Å². The van der Waals surface area contributed by atoms with E-state index < -0.39 is 0 Å². The van der Waals surface area contributed by atoms with Crippen LogP contribution >= 0.6 is 0 Å². The lowest BCUT2D eigenvalue weighted by molar-refractivity contribution is 0.246. The maximum Gasteiger partial charge on any atom is 0.174 e. The molecule has 1 aromatic carbocycles. The molecule has 1 heterocycles. The standard InChI is InChI=1S/C15H20N2O4/c1-4-16-9-11-5-15(21-17-11)10-20-14-7-12(18-2)6-13(8-14)19-3/h5-8,16H,4,9-10H2,1-3H3. The smallest absolute Gasteiger partial charge is 0.174 e. The number of aromatic nitrogens is 1. The molecule has 0 unspecified atom stereocenters. The molecule has 0 saturated heterocycles. The lowest BCUT2D eigenvalue weighted by atomic mass is 10.3. The summed E-state index contributed by atoms with van der Waals surface area (Å²) in [6, 6.07) is 7.24. The van der Waals surface area contributed by atoms with Crippen LogP contribution in [0.4, 0.5) is 0 Å². The molecule has 114 valence electrons. The maximum atomic E-state index is 5.68. The van der Waals surface area contributed by atoms with Gasteiger partial charge in [-0.3, -0.25) is 0 Å². The Labute approximate surface area is 124 Å². The van der Waals surface area contributed by atoms with Gasteiger partial charge in [-0.1, -0.05) is 12.1 Å². The Morgan fingerprint density at radius 3 is 2.33 bits per heavy atom. The molecule has 21 heavy (non-hydrogen) atoms. The second-order valence-corrected chi connectivity index (χ2v) is 4.40. The molecule has 1 N–H and O–H groups in total. The van der Waals surface area contributed by atoms with Crippen LogP contribution in [-0.4, -0.2) is 25.9 Å². The molecule has 0 spiro atoms. The van der Waals surface area contributed by atoms with Crippen molar-refractivity contribution in [1.82, 2.24) is 10.5 Å². The first kappa shape index (κ1) is 15.2. The lowest BCUT2D eigenvalue weighted by Gasteiger charge is -2.08. The van der Waals surface area contributed by atoms with Crippen LogP contribution in [0, 0.1) is 0 Å². The van der Waals surface area contributed by atoms with Gasteiger partial charge < -0.3 is 24.1 Å². The quantitative estimate of drug-likeness (QED) is 0.806. The second kappa shape index (κ2) is 7.54. The third-order valence-corrected chi connectivity index (χ3v) is 2.87. The van der Waals surface area contributed by atoms with Crippen LogP contribution in [0.1, 0.15) is 18.4 Å². The van der Waals surface area contributed by atoms with E-state index in [4.69, 9.17) is 18.7 Å². The van der Waals surface area contributed by atoms with E-state index >= 15 is 0 Å². The van der Waals surface area contributed by atoms with Crippen molar-refractivity contribution in [2.75, 3.05) is 20.8 Å². The Morgan fingerprint density at radius 1 is 1.05 bits per heavy atom. The SMILES string of the molecule is CCNCc1cc(COc2cc(OC)cc(OC)c2)on1. The number of hydrogen-bond donors (Lipinski definition) is 1. The van der Waals surface area contributed by atoms with Crippen LogP contribution in [0.3, 0.4) is 0 Å². The van der Waals surface area contributed by atoms with E-state index in [0.29, 0.717) is 36.2 Å². The van der Waals surface area contributed by atoms with E-state index in [1.54, 1.807) is 32.4 Å². The highest BCUT2D eigenvalue weighted by atomic mass is 16.5. The zero-order valence-electron chi connectivity index (χ0n) is 12.5. The highest BCUT2D eigenvalue weighted by Crippen LogP contribution is 2.27. The molecule has 0 aliphatic carbocycles. The fraction of sp³-hybridized carbons (Fsp3) is 0.400. The van der Waals surface area contributed by atoms with Crippen LogP contribution < -0.4 is 19.5 Å². The summed E-state index contributed by atoms with van der Waals surface area (Å²) in [5.41, 5.74) is 0.860. The lowest BCUT2D eigenvalue weighted by Crippen LogP contribution is -2.11. The summed E-state index contributed by atoms with van der Waals surface area (Å²) >= 11 is 0. The van der Waals surface area contributed by atoms with Crippen LogP contribution in [0.2, 0.25) is 0 Å². The first-order chi connectivity index (χ1) is 10.2. The third kappa shape index (κ3) is 4.39. The molecule has 0 aliphatic rings. The Bertz CT molecular complexity index is 546. The first-order valence-corrected chi connectivity index (χ1v) is 6.76. The van der Waals surface area contributed by atoms with Gasteiger partial charge >= 0.3 is 0 Å². The summed E-state index contributed by atoms with van der Waals surface area (Å²) in [5.74, 6) is 2.67. The maximum absolute atomic E-state index is 5.68. The zero-order chi connectivity index (χ0) is 15.1. The Kier molecular flexibility index (Phi) is 5.45. The molecule has 2 rings (SSSR count). The molecule has 0 aliphatic heterocycles. The molecule has 0 radical (unpaired) electrons. The Morgan fingerprint density at radius 2 is 1.71 bits per heavy atom. The molecule has 2 aromatic rings. The van der Waals surface area contributed by atoms with Crippen molar-refractivity contribution in [3.63, 3.8) is 0 Å². The summed E-state index contributed by atoms with van der Waals surface area (Å²) in [6.45, 7) is 3.92. The molecule has 0 atom stereocenters. The van der Waals surface area contributed by atoms with E-state index in [-0.39, 0.29) is 0 Å². The second-order valence-electron chi connectivity index (χ2n) is 4.40. The molecule has 6 heteroatoms. The summed E-state index contributed by atoms with van der Waals surface area (Å²) in [7, 11) is 3.20. The van der Waals surface area contributed by atoms with Crippen molar-refractivity contribution in [3.8, 4) is 17.2 Å². The predicted molar refractivity (Wildman–Crippen MR) is 77.8 cm³/mol. The van der Waals surface area contributed by atoms with Gasteiger partial charge in [-0.25, -0.2) is 0 Å². The van der Waals surface area contributed by atoms with Crippen molar-refractivity contribution in [2.45, 2.75) is 20.1 Å². The van der Waals surface area contributed by atoms with Gasteiger partial charge in [-0.2, -0.15) is 0 Å². The van der Waals surface area contributed by atoms with E-state index in [1.165, 1.54) is 0 Å². The monoisotopic (exact) mass is 292 g/mol. The minimum Gasteiger partial charge on any atom is -0.496 e. The van der Waals surface area contributed by atoms with Gasteiger partial charge in [0, 0.05) is 30.8 Å². The molecule has 0 amide bonds. The van der Waals surface area contributed by atoms with Crippen molar-refractivity contribution < 1.29 is 18.7 Å². The number of ether oxygens (including phenoxy) is 3. The predicted octanol–water partition coefficient (Wildman–Crippen LogP) is 2.38. The Hall–Kier alpha value is -2.21. The zero-order valence-corrected chi connectivity index (χ0v) is 12.5. The number of benzene rings is 1. The van der Waals surface area contributed by atoms with Gasteiger partial charge in [-0.05, 0) is 6.54 Å². The van der Waals surface area contributed by atoms with Crippen molar-refractivity contribution in [1.29, 1.82) is 0 Å². The fourth-order valence-electron chi connectivity index (χ4n) is 1.78. The van der Waals surface area contributed by atoms with Gasteiger partial charge in [0.1, 0.15) is 23.9 Å². The summed E-state index contributed by atoms with van der Waals surface area (Å²) < 4.78 is 21.3. The number of nitrogens with one attached hydrogen (secondary N) is 1. The van der Waals surface area contributed by atoms with Crippen LogP contribution in [0.25, 0.3) is 0 Å². The fourth-order valence-corrected chi connectivity index (χ4v) is 1.78. The van der Waals surface area contributed by atoms with E-state index in [1.807, 2.05) is 13.0 Å². The van der Waals surface area contributed by atoms with Crippen molar-refractivity contribution >= 4 is 0 Å². The van der Waals surface area contributed by atoms with E-state index in [0.717, 1.165) is 12.2 Å². The number of methoxy groups -OCH3 is 2. The average Bonchev–Trinajstić information content (AvgIpc) is 2.98. The number of hydrogen-bond acceptors (Lipinski definition) is 6. The van der Waals surface area contributed by atoms with Gasteiger partial charge in [-0.15, -0.1) is 0 Å². The normalized spacial score (nSPS) is 10.4. The largest absolute Gasteiger partial charge is 0.496 e. The van der Waals surface area contributed by atoms with Crippen molar-refractivity contribution in [3.05, 3.63) is 35.7 Å². The minimum absolute atomic E-state index is 0.301. The summed E-state index contributed by atoms with van der Waals surface area (Å²) in [4.78, 5) is 0. The average molecular weight is 292 g/mol. The highest BCUT2D eigenvalue weighted by molar-refractivity contribution is 5.42. The highest BCUT2D eigenvalue weighted by Gasteiger charge is 2.07. The molecule has 0 bridgehead atoms. The molecule has 1 aromatic heterocycles. The third-order valence-electron chi connectivity index (χ3n) is 2.87. The van der Waals surface area contributed by atoms with Crippen LogP contribution in [-0.2, 0) is 13.2 Å². The van der Waals surface area contributed by atoms with E-state index in [2.05, 4.69) is 10.5 Å². The Balaban J connectivity index is 1.97. The van der Waals surface area contributed by atoms with Crippen LogP contribution in [0.5, 0.6) is 17.2 Å². The molecule has 0 saturated carbocycles. The van der Waals surface area contributed by atoms with Gasteiger partial charge in [0.15, 0.2) is 5.76 Å². The molecular formula is C15H20N2O4. The first-order valence-electron chi connectivity index (χ1n) is 6.76.